The van der Waals surface area contributed by atoms with Gasteiger partial charge >= 0.3 is 11.9 Å². The minimum Gasteiger partial charge on any atom is -0.474 e. The molecule has 1 saturated heterocycles. The number of carboxylic acid groups (broad SMARTS) is 1. The highest BCUT2D eigenvalue weighted by atomic mass is 16.4. The molecule has 1 N–H and O–H groups in total. The molecule has 1 aliphatic heterocycles. The molecule has 0 bridgehead atoms. The number of piperazine rings is 1. The molecule has 0 aromatic rings. The van der Waals surface area contributed by atoms with Crippen LogP contribution in [-0.4, -0.2) is 48.1 Å². The molecule has 11 heavy (non-hydrogen) atoms. The van der Waals surface area contributed by atoms with Crippen LogP contribution >= 0.6 is 0 Å². The number of hydrogen-bond acceptors (Lipinski definition) is 2. The first kappa shape index (κ1) is 8.00. The molecule has 5 heteroatoms. The minimum atomic E-state index is -1.38. The second-order valence-electron chi connectivity index (χ2n) is 2.27. The zero-order chi connectivity index (χ0) is 8.27. The first-order valence-corrected chi connectivity index (χ1v) is 3.37. The summed E-state index contributed by atoms with van der Waals surface area (Å²) in [6.07, 6.45) is 0. The maximum absolute atomic E-state index is 10.8. The number of nitrogens with zero attached hydrogens (tertiary/aromatic N) is 2. The number of hydrogen-bond donors (Lipinski definition) is 1. The Morgan fingerprint density at radius 2 is 1.82 bits per heavy atom. The summed E-state index contributed by atoms with van der Waals surface area (Å²) in [5, 5.41) is 12.3. The van der Waals surface area contributed by atoms with E-state index in [2.05, 4.69) is 5.32 Å². The molecule has 0 aromatic carbocycles. The summed E-state index contributed by atoms with van der Waals surface area (Å²) in [4.78, 5) is 22.3. The third kappa shape index (κ3) is 1.91. The smallest absolute Gasteiger partial charge is 0.394 e. The maximum atomic E-state index is 10.8. The first-order chi connectivity index (χ1) is 5.22. The molecule has 1 heterocycles. The molecule has 1 fully saturated rings. The van der Waals surface area contributed by atoms with Crippen LogP contribution in [0.1, 0.15) is 0 Å². The van der Waals surface area contributed by atoms with Crippen LogP contribution < -0.4 is 5.32 Å². The summed E-state index contributed by atoms with van der Waals surface area (Å²) in [7, 11) is 0. The van der Waals surface area contributed by atoms with Gasteiger partial charge in [0.1, 0.15) is 0 Å². The van der Waals surface area contributed by atoms with E-state index in [4.69, 9.17) is 5.11 Å². The van der Waals surface area contributed by atoms with Gasteiger partial charge in [-0.2, -0.15) is 0 Å². The fraction of sp³-hybridized carbons (Fsp3) is 0.667. The Labute approximate surface area is 64.0 Å². The summed E-state index contributed by atoms with van der Waals surface area (Å²) in [5.41, 5.74) is 0. The molecule has 1 amide bonds. The lowest BCUT2D eigenvalue weighted by Crippen LogP contribution is -2.46. The second-order valence-corrected chi connectivity index (χ2v) is 2.27. The summed E-state index contributed by atoms with van der Waals surface area (Å²) in [6, 6.07) is 0. The molecule has 61 valence electrons. The molecule has 0 aliphatic carbocycles. The predicted octanol–water partition coefficient (Wildman–Crippen LogP) is -1.48. The fourth-order valence-corrected chi connectivity index (χ4v) is 0.945. The molecule has 0 atom stereocenters. The average molecular weight is 157 g/mol. The van der Waals surface area contributed by atoms with Crippen molar-refractivity contribution in [3.8, 4) is 0 Å². The molecule has 5 nitrogen and oxygen atoms in total. The molecular weight excluding hydrogens is 148 g/mol. The molecule has 0 saturated carbocycles. The van der Waals surface area contributed by atoms with Gasteiger partial charge in [-0.1, -0.05) is 0 Å². The lowest BCUT2D eigenvalue weighted by Gasteiger charge is -2.24. The Hall–Kier alpha value is -1.10. The van der Waals surface area contributed by atoms with E-state index in [0.717, 1.165) is 0 Å². The van der Waals surface area contributed by atoms with Gasteiger partial charge in [0.15, 0.2) is 0 Å². The molecule has 0 spiro atoms. The van der Waals surface area contributed by atoms with Gasteiger partial charge in [0.2, 0.25) is 0 Å². The van der Waals surface area contributed by atoms with Crippen LogP contribution in [0.5, 0.6) is 0 Å². The Kier molecular flexibility index (Phi) is 2.43. The van der Waals surface area contributed by atoms with E-state index >= 15 is 0 Å². The first-order valence-electron chi connectivity index (χ1n) is 3.37. The van der Waals surface area contributed by atoms with E-state index in [-0.39, 0.29) is 0 Å². The van der Waals surface area contributed by atoms with Crippen LogP contribution in [0.25, 0.3) is 0 Å². The standard InChI is InChI=1S/C6H9N2O3/c9-5(6(10)11)8-3-1-7-2-4-8/h1-4H2,(H,10,11). The van der Waals surface area contributed by atoms with Gasteiger partial charge < -0.3 is 10.0 Å². The van der Waals surface area contributed by atoms with Crippen molar-refractivity contribution in [1.29, 1.82) is 0 Å². The largest absolute Gasteiger partial charge is 0.474 e. The van der Waals surface area contributed by atoms with Crippen molar-refractivity contribution in [3.63, 3.8) is 0 Å². The van der Waals surface area contributed by atoms with Crippen molar-refractivity contribution < 1.29 is 14.7 Å². The van der Waals surface area contributed by atoms with Gasteiger partial charge in [-0.3, -0.25) is 4.79 Å². The van der Waals surface area contributed by atoms with E-state index in [1.54, 1.807) is 0 Å². The topological polar surface area (TPSA) is 71.7 Å². The highest BCUT2D eigenvalue weighted by Crippen LogP contribution is 1.93. The Morgan fingerprint density at radius 1 is 1.27 bits per heavy atom. The number of amides is 1. The van der Waals surface area contributed by atoms with E-state index in [9.17, 15) is 9.59 Å². The lowest BCUT2D eigenvalue weighted by molar-refractivity contribution is -0.156. The molecular formula is C6H9N2O3. The van der Waals surface area contributed by atoms with Gasteiger partial charge in [-0.05, 0) is 0 Å². The number of carbonyl (C=O) groups is 2. The van der Waals surface area contributed by atoms with Crippen LogP contribution in [0.3, 0.4) is 0 Å². The van der Waals surface area contributed by atoms with Crippen molar-refractivity contribution in [3.05, 3.63) is 0 Å². The van der Waals surface area contributed by atoms with Gasteiger partial charge in [0.25, 0.3) is 0 Å². The highest BCUT2D eigenvalue weighted by Gasteiger charge is 2.22. The third-order valence-corrected chi connectivity index (χ3v) is 1.53. The summed E-state index contributed by atoms with van der Waals surface area (Å²) in [5.74, 6) is -2.20. The zero-order valence-corrected chi connectivity index (χ0v) is 5.99. The van der Waals surface area contributed by atoms with Crippen LogP contribution in [0, 0.1) is 0 Å². The molecule has 1 radical (unpaired) electrons. The van der Waals surface area contributed by atoms with Crippen LogP contribution in [-0.2, 0) is 9.59 Å². The van der Waals surface area contributed by atoms with E-state index < -0.39 is 11.9 Å². The molecule has 0 unspecified atom stereocenters. The summed E-state index contributed by atoms with van der Waals surface area (Å²) in [6.45, 7) is 1.98. The van der Waals surface area contributed by atoms with Gasteiger partial charge in [0.05, 0.1) is 0 Å². The van der Waals surface area contributed by atoms with Gasteiger partial charge in [-0.15, -0.1) is 0 Å². The Balaban J connectivity index is 2.45. The maximum Gasteiger partial charge on any atom is 0.394 e. The van der Waals surface area contributed by atoms with E-state index in [1.807, 2.05) is 0 Å². The van der Waals surface area contributed by atoms with E-state index in [0.29, 0.717) is 26.2 Å². The normalized spacial score (nSPS) is 18.0. The van der Waals surface area contributed by atoms with Crippen LogP contribution in [0.4, 0.5) is 0 Å². The van der Waals surface area contributed by atoms with Crippen molar-refractivity contribution >= 4 is 11.9 Å². The van der Waals surface area contributed by atoms with Crippen molar-refractivity contribution in [1.82, 2.24) is 10.2 Å². The third-order valence-electron chi connectivity index (χ3n) is 1.53. The molecule has 1 rings (SSSR count). The Morgan fingerprint density at radius 3 is 2.27 bits per heavy atom. The van der Waals surface area contributed by atoms with Crippen molar-refractivity contribution in [2.45, 2.75) is 0 Å². The minimum absolute atomic E-state index is 0.436. The second kappa shape index (κ2) is 3.34. The zero-order valence-electron chi connectivity index (χ0n) is 5.99. The number of aliphatic carboxylic acids is 1. The van der Waals surface area contributed by atoms with Crippen LogP contribution in [0.15, 0.2) is 0 Å². The van der Waals surface area contributed by atoms with Gasteiger partial charge in [0, 0.05) is 26.2 Å². The summed E-state index contributed by atoms with van der Waals surface area (Å²) < 4.78 is 0. The van der Waals surface area contributed by atoms with Crippen molar-refractivity contribution in [2.24, 2.45) is 0 Å². The Bertz CT molecular complexity index is 175. The monoisotopic (exact) mass is 157 g/mol. The highest BCUT2D eigenvalue weighted by molar-refractivity contribution is 6.31. The quantitative estimate of drug-likeness (QED) is 0.436. The van der Waals surface area contributed by atoms with Crippen molar-refractivity contribution in [2.75, 3.05) is 26.2 Å². The van der Waals surface area contributed by atoms with Crippen LogP contribution in [0.2, 0.25) is 0 Å². The summed E-state index contributed by atoms with van der Waals surface area (Å²) >= 11 is 0. The van der Waals surface area contributed by atoms with E-state index in [1.165, 1.54) is 4.90 Å². The lowest BCUT2D eigenvalue weighted by atomic mass is 10.3. The van der Waals surface area contributed by atoms with Gasteiger partial charge in [-0.25, -0.2) is 10.1 Å². The molecule has 0 aromatic heterocycles. The fourth-order valence-electron chi connectivity index (χ4n) is 0.945. The number of rotatable bonds is 0. The number of carboxylic acids is 1. The molecule has 1 aliphatic rings. The predicted molar refractivity (Wildman–Crippen MR) is 36.1 cm³/mol. The number of carbonyl (C=O) groups excluding carboxylic acids is 1. The SMILES string of the molecule is O=C(O)C(=O)N1CC[N]CC1. The average Bonchev–Trinajstić information content (AvgIpc) is 2.05.